The van der Waals surface area contributed by atoms with Crippen molar-refractivity contribution >= 4 is 41.3 Å². The Morgan fingerprint density at radius 1 is 1.17 bits per heavy atom. The lowest BCUT2D eigenvalue weighted by molar-refractivity contribution is 0.157. The van der Waals surface area contributed by atoms with Gasteiger partial charge in [0.05, 0.1) is 7.11 Å². The number of thiocarbonyl (C=S) groups is 1. The van der Waals surface area contributed by atoms with Gasteiger partial charge in [-0.1, -0.05) is 36.4 Å². The molecule has 154 valence electrons. The normalized spacial score (nSPS) is 21.1. The number of benzene rings is 2. The molecule has 7 nitrogen and oxygen atoms in total. The molecule has 0 spiro atoms. The molecule has 2 atom stereocenters. The number of anilines is 1. The van der Waals surface area contributed by atoms with Crippen molar-refractivity contribution in [1.82, 2.24) is 15.2 Å². The summed E-state index contributed by atoms with van der Waals surface area (Å²) in [5.41, 5.74) is 1.78. The van der Waals surface area contributed by atoms with E-state index in [1.165, 1.54) is 0 Å². The Morgan fingerprint density at radius 3 is 2.63 bits per heavy atom. The Hall–Kier alpha value is -3.39. The van der Waals surface area contributed by atoms with E-state index < -0.39 is 0 Å². The molecule has 2 aromatic carbocycles. The molecule has 0 radical (unpaired) electrons. The van der Waals surface area contributed by atoms with E-state index in [4.69, 9.17) is 17.0 Å². The maximum atomic E-state index is 13.1. The van der Waals surface area contributed by atoms with Gasteiger partial charge in [0.15, 0.2) is 17.4 Å². The predicted octanol–water partition coefficient (Wildman–Crippen LogP) is 3.50. The van der Waals surface area contributed by atoms with Crippen molar-refractivity contribution in [3.8, 4) is 5.75 Å². The Morgan fingerprint density at radius 2 is 1.90 bits per heavy atom. The Labute approximate surface area is 181 Å². The molecular formula is C22H23N5O2S. The molecule has 2 fully saturated rings. The van der Waals surface area contributed by atoms with Crippen LogP contribution in [0.5, 0.6) is 5.75 Å². The number of para-hydroxylation sites is 2. The van der Waals surface area contributed by atoms with Gasteiger partial charge in [0.1, 0.15) is 5.75 Å². The highest BCUT2D eigenvalue weighted by Gasteiger charge is 2.54. The van der Waals surface area contributed by atoms with Crippen molar-refractivity contribution in [1.29, 1.82) is 0 Å². The quantitative estimate of drug-likeness (QED) is 0.572. The van der Waals surface area contributed by atoms with Gasteiger partial charge in [0, 0.05) is 24.0 Å². The summed E-state index contributed by atoms with van der Waals surface area (Å²) in [6.07, 6.45) is 4.80. The molecule has 2 saturated heterocycles. The Kier molecular flexibility index (Phi) is 5.67. The number of methoxy groups -OCH3 is 1. The fourth-order valence-corrected chi connectivity index (χ4v) is 4.03. The number of hydrogen-bond donors (Lipinski definition) is 1. The second-order valence-electron chi connectivity index (χ2n) is 6.79. The van der Waals surface area contributed by atoms with Crippen LogP contribution in [-0.2, 0) is 0 Å². The first-order valence-electron chi connectivity index (χ1n) is 9.74. The van der Waals surface area contributed by atoms with Gasteiger partial charge in [-0.05, 0) is 49.5 Å². The number of urea groups is 1. The van der Waals surface area contributed by atoms with Crippen LogP contribution in [0.15, 0.2) is 65.8 Å². The number of fused-ring (bicyclic) bond motifs is 1. The topological polar surface area (TPSA) is 60.4 Å². The molecule has 8 heteroatoms. The average Bonchev–Trinajstić information content (AvgIpc) is 3.22. The molecule has 30 heavy (non-hydrogen) atoms. The van der Waals surface area contributed by atoms with E-state index >= 15 is 0 Å². The van der Waals surface area contributed by atoms with Gasteiger partial charge in [0.25, 0.3) is 0 Å². The molecule has 2 aliphatic rings. The third-order valence-corrected chi connectivity index (χ3v) is 5.43. The molecule has 0 aliphatic carbocycles. The number of carbonyl (C=O) groups is 1. The molecule has 2 unspecified atom stereocenters. The van der Waals surface area contributed by atoms with Crippen LogP contribution < -0.4 is 15.0 Å². The highest BCUT2D eigenvalue weighted by Crippen LogP contribution is 2.33. The van der Waals surface area contributed by atoms with Crippen LogP contribution in [0.25, 0.3) is 6.08 Å². The van der Waals surface area contributed by atoms with Crippen molar-refractivity contribution in [2.45, 2.75) is 19.3 Å². The van der Waals surface area contributed by atoms with Crippen LogP contribution in [0.1, 0.15) is 12.5 Å². The van der Waals surface area contributed by atoms with E-state index in [0.29, 0.717) is 11.7 Å². The maximum absolute atomic E-state index is 13.1. The minimum absolute atomic E-state index is 0.0709. The van der Waals surface area contributed by atoms with E-state index in [1.54, 1.807) is 28.1 Å². The monoisotopic (exact) mass is 421 g/mol. The van der Waals surface area contributed by atoms with Gasteiger partial charge < -0.3 is 10.1 Å². The first kappa shape index (κ1) is 19.9. The number of carbonyl (C=O) groups excluding carboxylic acids is 1. The van der Waals surface area contributed by atoms with Crippen LogP contribution in [0.3, 0.4) is 0 Å². The molecule has 2 aliphatic heterocycles. The lowest BCUT2D eigenvalue weighted by atomic mass is 10.2. The highest BCUT2D eigenvalue weighted by atomic mass is 32.1. The second-order valence-corrected chi connectivity index (χ2v) is 7.18. The molecule has 2 amide bonds. The summed E-state index contributed by atoms with van der Waals surface area (Å²) in [6.45, 7) is 2.50. The molecule has 0 aromatic heterocycles. The summed E-state index contributed by atoms with van der Waals surface area (Å²) in [4.78, 5) is 16.6. The number of nitrogens with zero attached hydrogens (tertiary/aromatic N) is 4. The van der Waals surface area contributed by atoms with E-state index in [0.717, 1.165) is 17.0 Å². The fourth-order valence-electron chi connectivity index (χ4n) is 3.76. The number of hydrogen-bond acceptors (Lipinski definition) is 4. The van der Waals surface area contributed by atoms with E-state index in [9.17, 15) is 4.79 Å². The molecule has 0 saturated carbocycles. The second kappa shape index (κ2) is 8.54. The van der Waals surface area contributed by atoms with Crippen molar-refractivity contribution in [2.75, 3.05) is 18.6 Å². The zero-order valence-electron chi connectivity index (χ0n) is 16.8. The molecule has 4 rings (SSSR count). The SMILES string of the molecule is CCN1C(=O)N(c2ccccc2)C2NC(=S)N(/N=C/C=C/c3ccccc3OC)C21. The van der Waals surface area contributed by atoms with E-state index in [2.05, 4.69) is 10.4 Å². The van der Waals surface area contributed by atoms with E-state index in [1.807, 2.05) is 73.7 Å². The van der Waals surface area contributed by atoms with Gasteiger partial charge in [-0.15, -0.1) is 0 Å². The molecule has 2 aromatic rings. The van der Waals surface area contributed by atoms with Crippen LogP contribution >= 0.6 is 12.2 Å². The van der Waals surface area contributed by atoms with Crippen LogP contribution in [0, 0.1) is 0 Å². The summed E-state index contributed by atoms with van der Waals surface area (Å²) in [7, 11) is 1.64. The molecule has 2 heterocycles. The number of allylic oxidation sites excluding steroid dienone is 1. The van der Waals surface area contributed by atoms with Crippen molar-refractivity contribution in [3.05, 3.63) is 66.2 Å². The van der Waals surface area contributed by atoms with Crippen molar-refractivity contribution < 1.29 is 9.53 Å². The molecule has 0 bridgehead atoms. The average molecular weight is 422 g/mol. The molecule has 1 N–H and O–H groups in total. The number of ether oxygens (including phenoxy) is 1. The Balaban J connectivity index is 1.56. The number of amides is 2. The largest absolute Gasteiger partial charge is 0.496 e. The third-order valence-electron chi connectivity index (χ3n) is 5.13. The summed E-state index contributed by atoms with van der Waals surface area (Å²) in [5.74, 6) is 0.789. The van der Waals surface area contributed by atoms with Gasteiger partial charge in [0.2, 0.25) is 0 Å². The van der Waals surface area contributed by atoms with Gasteiger partial charge in [-0.2, -0.15) is 5.10 Å². The first-order valence-corrected chi connectivity index (χ1v) is 10.1. The molecular weight excluding hydrogens is 398 g/mol. The van der Waals surface area contributed by atoms with Crippen LogP contribution in [-0.4, -0.2) is 53.3 Å². The summed E-state index contributed by atoms with van der Waals surface area (Å²) in [5, 5.41) is 9.96. The summed E-state index contributed by atoms with van der Waals surface area (Å²) < 4.78 is 5.36. The minimum atomic E-state index is -0.314. The highest BCUT2D eigenvalue weighted by molar-refractivity contribution is 7.80. The zero-order valence-corrected chi connectivity index (χ0v) is 17.6. The van der Waals surface area contributed by atoms with Gasteiger partial charge >= 0.3 is 6.03 Å². The minimum Gasteiger partial charge on any atom is -0.496 e. The lowest BCUT2D eigenvalue weighted by Gasteiger charge is -2.25. The van der Waals surface area contributed by atoms with Crippen LogP contribution in [0.2, 0.25) is 0 Å². The smallest absolute Gasteiger partial charge is 0.328 e. The van der Waals surface area contributed by atoms with Gasteiger partial charge in [-0.25, -0.2) is 9.80 Å². The van der Waals surface area contributed by atoms with Crippen molar-refractivity contribution in [2.24, 2.45) is 5.10 Å². The predicted molar refractivity (Wildman–Crippen MR) is 122 cm³/mol. The summed E-state index contributed by atoms with van der Waals surface area (Å²) >= 11 is 5.51. The fraction of sp³-hybridized carbons (Fsp3) is 0.227. The lowest BCUT2D eigenvalue weighted by Crippen LogP contribution is -2.43. The number of hydrazone groups is 1. The number of nitrogens with one attached hydrogen (secondary N) is 1. The first-order chi connectivity index (χ1) is 14.7. The number of likely N-dealkylation sites (N-methyl/N-ethyl adjacent to an activating group) is 1. The maximum Gasteiger partial charge on any atom is 0.328 e. The Bertz CT molecular complexity index is 994. The third kappa shape index (κ3) is 3.50. The van der Waals surface area contributed by atoms with E-state index in [-0.39, 0.29) is 18.4 Å². The van der Waals surface area contributed by atoms with Crippen LogP contribution in [0.4, 0.5) is 10.5 Å². The van der Waals surface area contributed by atoms with Crippen molar-refractivity contribution in [3.63, 3.8) is 0 Å². The zero-order chi connectivity index (χ0) is 21.1. The summed E-state index contributed by atoms with van der Waals surface area (Å²) in [6, 6.07) is 17.3. The van der Waals surface area contributed by atoms with Gasteiger partial charge in [-0.3, -0.25) is 9.80 Å². The standard InChI is InChI=1S/C22H23N5O2S/c1-3-25-20-19(26(22(25)28)17-12-5-4-6-13-17)24-21(30)27(20)23-15-9-11-16-10-7-8-14-18(16)29-2/h4-15,19-20H,3H2,1-2H3,(H,24,30)/b11-9+,23-15+. The number of rotatable bonds is 6.